The average molecular weight is 273 g/mol. The SMILES string of the molecule is C[C@@]12C=C[C@@H](O1)[C@@H]1C(=O)N([C@H]3C[C@H]4CC[C@H]3C4)C(=O)[C@H]12. The smallest absolute Gasteiger partial charge is 0.236 e. The first-order valence-corrected chi connectivity index (χ1v) is 7.82. The molecule has 5 rings (SSSR count). The maximum atomic E-state index is 12.8. The van der Waals surface area contributed by atoms with Gasteiger partial charge in [0, 0.05) is 6.04 Å². The molecule has 4 bridgehead atoms. The number of likely N-dealkylation sites (tertiary alicyclic amines) is 1. The Morgan fingerprint density at radius 1 is 1.25 bits per heavy atom. The van der Waals surface area contributed by atoms with Crippen LogP contribution >= 0.6 is 0 Å². The Morgan fingerprint density at radius 2 is 2.10 bits per heavy atom. The van der Waals surface area contributed by atoms with Gasteiger partial charge in [0.2, 0.25) is 11.8 Å². The van der Waals surface area contributed by atoms with Crippen LogP contribution < -0.4 is 0 Å². The average Bonchev–Trinajstić information content (AvgIpc) is 3.15. The Bertz CT molecular complexity index is 556. The van der Waals surface area contributed by atoms with Crippen LogP contribution in [0.5, 0.6) is 0 Å². The summed E-state index contributed by atoms with van der Waals surface area (Å²) in [5.41, 5.74) is -0.547. The molecule has 0 radical (unpaired) electrons. The monoisotopic (exact) mass is 273 g/mol. The zero-order valence-corrected chi connectivity index (χ0v) is 11.6. The summed E-state index contributed by atoms with van der Waals surface area (Å²) in [5, 5.41) is 0. The molecular formula is C16H19NO3. The Hall–Kier alpha value is -1.16. The number of nitrogens with zero attached hydrogens (tertiary/aromatic N) is 1. The topological polar surface area (TPSA) is 46.6 Å². The first kappa shape index (κ1) is 11.5. The van der Waals surface area contributed by atoms with Crippen molar-refractivity contribution in [2.24, 2.45) is 23.7 Å². The maximum Gasteiger partial charge on any atom is 0.236 e. The summed E-state index contributed by atoms with van der Waals surface area (Å²) in [5.74, 6) is 0.849. The molecule has 0 aromatic heterocycles. The molecule has 5 aliphatic rings. The quantitative estimate of drug-likeness (QED) is 0.537. The predicted molar refractivity (Wildman–Crippen MR) is 70.5 cm³/mol. The van der Waals surface area contributed by atoms with E-state index in [1.807, 2.05) is 19.1 Å². The number of rotatable bonds is 1. The van der Waals surface area contributed by atoms with E-state index in [4.69, 9.17) is 4.74 Å². The van der Waals surface area contributed by atoms with Crippen LogP contribution in [-0.2, 0) is 14.3 Å². The van der Waals surface area contributed by atoms with Gasteiger partial charge in [-0.1, -0.05) is 18.6 Å². The predicted octanol–water partition coefficient (Wildman–Crippen LogP) is 1.50. The number of carbonyl (C=O) groups excluding carboxylic acids is 2. The second-order valence-electron chi connectivity index (χ2n) is 7.42. The van der Waals surface area contributed by atoms with E-state index in [2.05, 4.69) is 0 Å². The summed E-state index contributed by atoms with van der Waals surface area (Å²) >= 11 is 0. The first-order chi connectivity index (χ1) is 9.58. The standard InChI is InChI=1S/C16H19NO3/c1-16-5-4-11(20-16)12-13(16)15(19)17(14(12)18)10-7-8-2-3-9(10)6-8/h4-5,8-13H,2-3,6-7H2,1H3/t8-,9-,10-,11+,12-,13-,16-/m0/s1. The van der Waals surface area contributed by atoms with Gasteiger partial charge in [-0.2, -0.15) is 0 Å². The largest absolute Gasteiger partial charge is 0.362 e. The van der Waals surface area contributed by atoms with Gasteiger partial charge in [0.25, 0.3) is 0 Å². The molecule has 4 heteroatoms. The molecule has 2 saturated heterocycles. The molecule has 106 valence electrons. The highest BCUT2D eigenvalue weighted by Gasteiger charge is 2.67. The number of carbonyl (C=O) groups is 2. The lowest BCUT2D eigenvalue weighted by molar-refractivity contribution is -0.147. The minimum absolute atomic E-state index is 0.0342. The first-order valence-electron chi connectivity index (χ1n) is 7.82. The third-order valence-corrected chi connectivity index (χ3v) is 6.40. The molecule has 0 N–H and O–H groups in total. The summed E-state index contributed by atoms with van der Waals surface area (Å²) in [6.07, 6.45) is 8.51. The zero-order valence-electron chi connectivity index (χ0n) is 11.6. The van der Waals surface area contributed by atoms with Crippen LogP contribution in [0, 0.1) is 23.7 Å². The van der Waals surface area contributed by atoms with Gasteiger partial charge in [-0.25, -0.2) is 0 Å². The number of imide groups is 1. The highest BCUT2D eigenvalue weighted by Crippen LogP contribution is 2.55. The molecule has 2 saturated carbocycles. The maximum absolute atomic E-state index is 12.8. The fraction of sp³-hybridized carbons (Fsp3) is 0.750. The molecule has 3 heterocycles. The van der Waals surface area contributed by atoms with Crippen LogP contribution in [-0.4, -0.2) is 34.5 Å². The van der Waals surface area contributed by atoms with Crippen LogP contribution in [0.15, 0.2) is 12.2 Å². The minimum atomic E-state index is -0.547. The fourth-order valence-electron chi connectivity index (χ4n) is 5.53. The number of hydrogen-bond acceptors (Lipinski definition) is 3. The molecule has 4 fully saturated rings. The van der Waals surface area contributed by atoms with Gasteiger partial charge < -0.3 is 4.74 Å². The number of fused-ring (bicyclic) bond motifs is 7. The summed E-state index contributed by atoms with van der Waals surface area (Å²) in [6, 6.07) is 0.183. The molecular weight excluding hydrogens is 254 g/mol. The van der Waals surface area contributed by atoms with Crippen molar-refractivity contribution in [3.8, 4) is 0 Å². The summed E-state index contributed by atoms with van der Waals surface area (Å²) in [4.78, 5) is 27.3. The van der Waals surface area contributed by atoms with Gasteiger partial charge in [0.15, 0.2) is 0 Å². The second kappa shape index (κ2) is 3.35. The van der Waals surface area contributed by atoms with E-state index in [-0.39, 0.29) is 35.8 Å². The third-order valence-electron chi connectivity index (χ3n) is 6.40. The highest BCUT2D eigenvalue weighted by molar-refractivity contribution is 6.07. The minimum Gasteiger partial charge on any atom is -0.362 e. The summed E-state index contributed by atoms with van der Waals surface area (Å²) in [7, 11) is 0. The normalized spacial score (nSPS) is 55.4. The van der Waals surface area contributed by atoms with Gasteiger partial charge in [-0.3, -0.25) is 14.5 Å². The van der Waals surface area contributed by atoms with Crippen molar-refractivity contribution in [1.29, 1.82) is 0 Å². The van der Waals surface area contributed by atoms with Crippen molar-refractivity contribution >= 4 is 11.8 Å². The lowest BCUT2D eigenvalue weighted by atomic mass is 9.78. The molecule has 3 aliphatic heterocycles. The fourth-order valence-corrected chi connectivity index (χ4v) is 5.53. The molecule has 0 spiro atoms. The van der Waals surface area contributed by atoms with E-state index in [1.54, 1.807) is 4.90 Å². The van der Waals surface area contributed by atoms with Crippen molar-refractivity contribution in [3.63, 3.8) is 0 Å². The summed E-state index contributed by atoms with van der Waals surface area (Å²) in [6.45, 7) is 1.95. The van der Waals surface area contributed by atoms with Crippen molar-refractivity contribution in [2.45, 2.75) is 50.4 Å². The molecule has 7 atom stereocenters. The van der Waals surface area contributed by atoms with Crippen molar-refractivity contribution in [3.05, 3.63) is 12.2 Å². The van der Waals surface area contributed by atoms with Crippen LogP contribution in [0.3, 0.4) is 0 Å². The molecule has 0 aromatic rings. The van der Waals surface area contributed by atoms with Crippen LogP contribution in [0.2, 0.25) is 0 Å². The highest BCUT2D eigenvalue weighted by atomic mass is 16.5. The lowest BCUT2D eigenvalue weighted by Crippen LogP contribution is -2.46. The van der Waals surface area contributed by atoms with Crippen LogP contribution in [0.4, 0.5) is 0 Å². The number of hydrogen-bond donors (Lipinski definition) is 0. The molecule has 2 amide bonds. The Balaban J connectivity index is 1.52. The summed E-state index contributed by atoms with van der Waals surface area (Å²) < 4.78 is 5.86. The van der Waals surface area contributed by atoms with E-state index < -0.39 is 5.60 Å². The molecule has 4 nitrogen and oxygen atoms in total. The van der Waals surface area contributed by atoms with Gasteiger partial charge in [-0.05, 0) is 38.0 Å². The Kier molecular flexibility index (Phi) is 1.93. The van der Waals surface area contributed by atoms with E-state index >= 15 is 0 Å². The van der Waals surface area contributed by atoms with Crippen molar-refractivity contribution in [1.82, 2.24) is 4.90 Å². The van der Waals surface area contributed by atoms with Crippen LogP contribution in [0.1, 0.15) is 32.6 Å². The van der Waals surface area contributed by atoms with Crippen LogP contribution in [0.25, 0.3) is 0 Å². The van der Waals surface area contributed by atoms with Crippen molar-refractivity contribution < 1.29 is 14.3 Å². The van der Waals surface area contributed by atoms with Gasteiger partial charge >= 0.3 is 0 Å². The van der Waals surface area contributed by atoms with Crippen molar-refractivity contribution in [2.75, 3.05) is 0 Å². The van der Waals surface area contributed by atoms with E-state index in [0.717, 1.165) is 12.3 Å². The Labute approximate surface area is 118 Å². The third kappa shape index (κ3) is 1.14. The molecule has 20 heavy (non-hydrogen) atoms. The Morgan fingerprint density at radius 3 is 2.75 bits per heavy atom. The van der Waals surface area contributed by atoms with E-state index in [9.17, 15) is 9.59 Å². The van der Waals surface area contributed by atoms with E-state index in [0.29, 0.717) is 5.92 Å². The van der Waals surface area contributed by atoms with Gasteiger partial charge in [0.1, 0.15) is 0 Å². The van der Waals surface area contributed by atoms with E-state index in [1.165, 1.54) is 19.3 Å². The second-order valence-corrected chi connectivity index (χ2v) is 7.42. The molecule has 2 aliphatic carbocycles. The molecule has 0 aromatic carbocycles. The van der Waals surface area contributed by atoms with Gasteiger partial charge in [-0.15, -0.1) is 0 Å². The lowest BCUT2D eigenvalue weighted by Gasteiger charge is -2.32. The number of ether oxygens (including phenoxy) is 1. The molecule has 0 unspecified atom stereocenters. The zero-order chi connectivity index (χ0) is 13.6. The van der Waals surface area contributed by atoms with Gasteiger partial charge in [0.05, 0.1) is 23.5 Å². The number of amides is 2.